The second-order valence-corrected chi connectivity index (χ2v) is 4.28. The number of Topliss-reactive ketones (excluding diaryl/α,β-unsaturated/α-hetero) is 1. The Morgan fingerprint density at radius 3 is 2.78 bits per heavy atom. The number of rotatable bonds is 3. The fourth-order valence-electron chi connectivity index (χ4n) is 1.85. The first-order valence-electron chi connectivity index (χ1n) is 5.35. The molecule has 1 heterocycles. The number of benzene rings is 1. The van der Waals surface area contributed by atoms with Crippen LogP contribution >= 0.6 is 11.6 Å². The van der Waals surface area contributed by atoms with Crippen LogP contribution in [-0.2, 0) is 4.79 Å². The molecule has 0 saturated carbocycles. The van der Waals surface area contributed by atoms with E-state index in [-0.39, 0.29) is 16.3 Å². The Bertz CT molecular complexity index is 577. The van der Waals surface area contributed by atoms with E-state index in [1.807, 2.05) is 0 Å². The highest BCUT2D eigenvalue weighted by atomic mass is 35.5. The summed E-state index contributed by atoms with van der Waals surface area (Å²) in [6.45, 7) is 0.294. The van der Waals surface area contributed by atoms with Gasteiger partial charge in [0.15, 0.2) is 0 Å². The Kier molecular flexibility index (Phi) is 3.35. The van der Waals surface area contributed by atoms with Gasteiger partial charge in [0.25, 0.3) is 11.7 Å². The second kappa shape index (κ2) is 4.79. The number of amides is 1. The monoisotopic (exact) mass is 265 g/mol. The van der Waals surface area contributed by atoms with E-state index in [1.54, 1.807) is 0 Å². The number of terminal acetylenes is 1. The molecule has 0 aliphatic carbocycles. The highest BCUT2D eigenvalue weighted by Gasteiger charge is 2.36. The van der Waals surface area contributed by atoms with Crippen LogP contribution in [0.2, 0.25) is 5.02 Å². The molecule has 1 aromatic rings. The summed E-state index contributed by atoms with van der Waals surface area (Å²) in [4.78, 5) is 24.7. The second-order valence-electron chi connectivity index (χ2n) is 3.88. The van der Waals surface area contributed by atoms with Crippen LogP contribution in [0, 0.1) is 18.2 Å². The first-order chi connectivity index (χ1) is 8.56. The van der Waals surface area contributed by atoms with Gasteiger partial charge in [-0.15, -0.1) is 12.3 Å². The standard InChI is InChI=1S/C13H9ClFNO2/c1-2-3-4-5-16-11-7-10(15)9(14)6-8(11)12(17)13(16)18/h1,6-7H,3-5H2. The average molecular weight is 266 g/mol. The lowest BCUT2D eigenvalue weighted by Gasteiger charge is -2.15. The van der Waals surface area contributed by atoms with Crippen LogP contribution in [0.1, 0.15) is 23.2 Å². The van der Waals surface area contributed by atoms with Gasteiger partial charge in [0.05, 0.1) is 16.3 Å². The van der Waals surface area contributed by atoms with Crippen molar-refractivity contribution in [1.29, 1.82) is 0 Å². The van der Waals surface area contributed by atoms with Gasteiger partial charge in [0, 0.05) is 13.0 Å². The SMILES string of the molecule is C#CCCCN1C(=O)C(=O)c2cc(Cl)c(F)cc21. The molecular weight excluding hydrogens is 257 g/mol. The van der Waals surface area contributed by atoms with E-state index in [0.29, 0.717) is 19.4 Å². The molecule has 0 fully saturated rings. The van der Waals surface area contributed by atoms with Crippen LogP contribution in [0.5, 0.6) is 0 Å². The Labute approximate surface area is 109 Å². The number of carbonyl (C=O) groups excluding carboxylic acids is 2. The van der Waals surface area contributed by atoms with Crippen LogP contribution in [0.15, 0.2) is 12.1 Å². The molecule has 0 spiro atoms. The number of ketones is 1. The summed E-state index contributed by atoms with van der Waals surface area (Å²) in [6, 6.07) is 2.30. The van der Waals surface area contributed by atoms with Crippen molar-refractivity contribution in [1.82, 2.24) is 0 Å². The molecule has 3 nitrogen and oxygen atoms in total. The van der Waals surface area contributed by atoms with Gasteiger partial charge in [0.2, 0.25) is 0 Å². The topological polar surface area (TPSA) is 37.4 Å². The van der Waals surface area contributed by atoms with Gasteiger partial charge in [-0.05, 0) is 18.6 Å². The van der Waals surface area contributed by atoms with Crippen molar-refractivity contribution in [2.75, 3.05) is 11.4 Å². The minimum Gasteiger partial charge on any atom is -0.305 e. The summed E-state index contributed by atoms with van der Waals surface area (Å²) in [5.74, 6) is 0.468. The van der Waals surface area contributed by atoms with E-state index in [0.717, 1.165) is 6.07 Å². The maximum Gasteiger partial charge on any atom is 0.299 e. The fourth-order valence-corrected chi connectivity index (χ4v) is 2.01. The number of hydrogen-bond acceptors (Lipinski definition) is 2. The van der Waals surface area contributed by atoms with Crippen LogP contribution in [0.3, 0.4) is 0 Å². The number of hydrogen-bond donors (Lipinski definition) is 0. The van der Waals surface area contributed by atoms with Crippen molar-refractivity contribution in [3.8, 4) is 12.3 Å². The van der Waals surface area contributed by atoms with Gasteiger partial charge in [-0.1, -0.05) is 11.6 Å². The number of fused-ring (bicyclic) bond motifs is 1. The number of carbonyl (C=O) groups is 2. The van der Waals surface area contributed by atoms with Gasteiger partial charge in [0.1, 0.15) is 5.82 Å². The summed E-state index contributed by atoms with van der Waals surface area (Å²) >= 11 is 5.60. The molecule has 5 heteroatoms. The molecule has 1 aromatic carbocycles. The zero-order valence-corrected chi connectivity index (χ0v) is 10.1. The Balaban J connectivity index is 2.36. The van der Waals surface area contributed by atoms with Gasteiger partial charge >= 0.3 is 0 Å². The van der Waals surface area contributed by atoms with E-state index < -0.39 is 17.5 Å². The zero-order valence-electron chi connectivity index (χ0n) is 9.37. The molecule has 2 rings (SSSR count). The first-order valence-corrected chi connectivity index (χ1v) is 5.72. The summed E-state index contributed by atoms with van der Waals surface area (Å²) in [7, 11) is 0. The highest BCUT2D eigenvalue weighted by Crippen LogP contribution is 2.33. The molecule has 0 atom stereocenters. The summed E-state index contributed by atoms with van der Waals surface area (Å²) in [5.41, 5.74) is 0.413. The van der Waals surface area contributed by atoms with Gasteiger partial charge in [-0.3, -0.25) is 9.59 Å². The highest BCUT2D eigenvalue weighted by molar-refractivity contribution is 6.52. The van der Waals surface area contributed by atoms with Gasteiger partial charge in [-0.25, -0.2) is 4.39 Å². The first kappa shape index (κ1) is 12.6. The van der Waals surface area contributed by atoms with Crippen molar-refractivity contribution in [3.05, 3.63) is 28.5 Å². The van der Waals surface area contributed by atoms with E-state index in [1.165, 1.54) is 11.0 Å². The fraction of sp³-hybridized carbons (Fsp3) is 0.231. The summed E-state index contributed by atoms with van der Waals surface area (Å²) in [5, 5.41) is -0.166. The lowest BCUT2D eigenvalue weighted by Crippen LogP contribution is -2.30. The lowest BCUT2D eigenvalue weighted by molar-refractivity contribution is -0.114. The van der Waals surface area contributed by atoms with Gasteiger partial charge in [-0.2, -0.15) is 0 Å². The maximum atomic E-state index is 13.4. The van der Waals surface area contributed by atoms with Crippen LogP contribution < -0.4 is 4.90 Å². The molecule has 0 unspecified atom stereocenters. The van der Waals surface area contributed by atoms with Crippen molar-refractivity contribution >= 4 is 29.0 Å². The molecule has 18 heavy (non-hydrogen) atoms. The number of nitrogens with zero attached hydrogens (tertiary/aromatic N) is 1. The molecule has 0 radical (unpaired) electrons. The Morgan fingerprint density at radius 2 is 2.11 bits per heavy atom. The molecule has 1 aliphatic rings. The normalized spacial score (nSPS) is 13.7. The van der Waals surface area contributed by atoms with E-state index >= 15 is 0 Å². The quantitative estimate of drug-likeness (QED) is 0.478. The molecular formula is C13H9ClFNO2. The van der Waals surface area contributed by atoms with Crippen molar-refractivity contribution in [3.63, 3.8) is 0 Å². The van der Waals surface area contributed by atoms with Crippen molar-refractivity contribution < 1.29 is 14.0 Å². The molecule has 1 aliphatic heterocycles. The largest absolute Gasteiger partial charge is 0.305 e. The third kappa shape index (κ3) is 1.98. The predicted octanol–water partition coefficient (Wildman–Crippen LogP) is 2.42. The van der Waals surface area contributed by atoms with Crippen molar-refractivity contribution in [2.24, 2.45) is 0 Å². The Morgan fingerprint density at radius 1 is 1.39 bits per heavy atom. The minimum absolute atomic E-state index is 0.145. The zero-order chi connectivity index (χ0) is 13.3. The van der Waals surface area contributed by atoms with E-state index in [9.17, 15) is 14.0 Å². The lowest BCUT2D eigenvalue weighted by atomic mass is 10.1. The van der Waals surface area contributed by atoms with Crippen LogP contribution in [-0.4, -0.2) is 18.2 Å². The molecule has 0 aromatic heterocycles. The maximum absolute atomic E-state index is 13.4. The third-order valence-corrected chi connectivity index (χ3v) is 3.01. The number of halogens is 2. The number of unbranched alkanes of at least 4 members (excludes halogenated alkanes) is 1. The Hall–Kier alpha value is -1.86. The van der Waals surface area contributed by atoms with E-state index in [2.05, 4.69) is 5.92 Å². The van der Waals surface area contributed by atoms with Crippen LogP contribution in [0.25, 0.3) is 0 Å². The smallest absolute Gasteiger partial charge is 0.299 e. The minimum atomic E-state index is -0.663. The third-order valence-electron chi connectivity index (χ3n) is 2.72. The average Bonchev–Trinajstić information content (AvgIpc) is 2.56. The predicted molar refractivity (Wildman–Crippen MR) is 66.2 cm³/mol. The number of anilines is 1. The molecule has 0 bridgehead atoms. The summed E-state index contributed by atoms with van der Waals surface area (Å²) in [6.07, 6.45) is 6.16. The van der Waals surface area contributed by atoms with E-state index in [4.69, 9.17) is 18.0 Å². The summed E-state index contributed by atoms with van der Waals surface area (Å²) < 4.78 is 13.4. The van der Waals surface area contributed by atoms with Crippen LogP contribution in [0.4, 0.5) is 10.1 Å². The molecule has 0 saturated heterocycles. The molecule has 92 valence electrons. The van der Waals surface area contributed by atoms with Crippen molar-refractivity contribution in [2.45, 2.75) is 12.8 Å². The van der Waals surface area contributed by atoms with Gasteiger partial charge < -0.3 is 4.90 Å². The molecule has 1 amide bonds. The molecule has 0 N–H and O–H groups in total.